The van der Waals surface area contributed by atoms with E-state index in [1.807, 2.05) is 86.6 Å². The minimum atomic E-state index is -0.660. The zero-order valence-corrected chi connectivity index (χ0v) is 27.5. The van der Waals surface area contributed by atoms with Crippen LogP contribution < -0.4 is 20.4 Å². The van der Waals surface area contributed by atoms with E-state index in [1.54, 1.807) is 29.2 Å². The van der Waals surface area contributed by atoms with Gasteiger partial charge in [0.1, 0.15) is 6.04 Å². The Labute approximate surface area is 276 Å². The Kier molecular flexibility index (Phi) is 10.5. The summed E-state index contributed by atoms with van der Waals surface area (Å²) in [5, 5.41) is 15.9. The molecule has 0 spiro atoms. The predicted molar refractivity (Wildman–Crippen MR) is 184 cm³/mol. The number of amides is 3. The molecule has 4 aromatic rings. The second-order valence-electron chi connectivity index (χ2n) is 12.9. The normalized spacial score (nSPS) is 15.5. The van der Waals surface area contributed by atoms with Crippen molar-refractivity contribution in [2.75, 3.05) is 16.3 Å². The Hall–Kier alpha value is -4.80. The van der Waals surface area contributed by atoms with E-state index in [0.717, 1.165) is 33.5 Å². The van der Waals surface area contributed by atoms with Crippen LogP contribution in [0.4, 0.5) is 11.5 Å². The summed E-state index contributed by atoms with van der Waals surface area (Å²) in [5.74, 6) is 0.109. The lowest BCUT2D eigenvalue weighted by Gasteiger charge is -2.29. The van der Waals surface area contributed by atoms with Gasteiger partial charge in [-0.3, -0.25) is 19.3 Å². The number of hydrogen-bond donors (Lipinski definition) is 4. The van der Waals surface area contributed by atoms with Gasteiger partial charge in [-0.2, -0.15) is 0 Å². The Morgan fingerprint density at radius 1 is 1.09 bits per heavy atom. The van der Waals surface area contributed by atoms with E-state index in [2.05, 4.69) is 20.6 Å². The second-order valence-corrected chi connectivity index (χ2v) is 12.9. The van der Waals surface area contributed by atoms with Crippen LogP contribution in [0.1, 0.15) is 57.2 Å². The molecule has 47 heavy (non-hydrogen) atoms. The number of aliphatic hydroxyl groups is 1. The largest absolute Gasteiger partial charge is 0.392 e. The van der Waals surface area contributed by atoms with Crippen molar-refractivity contribution in [1.82, 2.24) is 20.6 Å². The van der Waals surface area contributed by atoms with Crippen molar-refractivity contribution >= 4 is 29.2 Å². The lowest BCUT2D eigenvalue weighted by molar-refractivity contribution is -0.128. The number of carbonyl (C=O) groups is 3. The zero-order valence-electron chi connectivity index (χ0n) is 27.5. The first-order valence-electron chi connectivity index (χ1n) is 16.1. The van der Waals surface area contributed by atoms with Gasteiger partial charge in [-0.05, 0) is 67.5 Å². The average Bonchev–Trinajstić information content (AvgIpc) is 3.54. The van der Waals surface area contributed by atoms with Gasteiger partial charge in [0, 0.05) is 37.3 Å². The molecule has 3 aromatic carbocycles. The maximum atomic E-state index is 14.0. The van der Waals surface area contributed by atoms with Crippen molar-refractivity contribution in [1.29, 1.82) is 0 Å². The molecule has 10 heteroatoms. The summed E-state index contributed by atoms with van der Waals surface area (Å²) in [6.45, 7) is 8.14. The van der Waals surface area contributed by atoms with Crippen LogP contribution >= 0.6 is 0 Å². The SMILES string of the molecule is CC(=O)N(Cc1ccccc1-c1ccc(CN2C(=O)[C@H](NC(=O)CC(C)(C)NC[C@@H](C)O)CCc3ccccc32)cc1)c1c[nH]cn1. The highest BCUT2D eigenvalue weighted by Gasteiger charge is 2.32. The third kappa shape index (κ3) is 8.52. The standard InChI is InChI=1S/C37H44N6O4/c1-25(44)20-40-37(3,4)19-35(46)41-32-18-17-29-9-6-8-12-33(29)43(36(32)47)22-27-13-15-28(16-14-27)31-11-7-5-10-30(31)23-42(26(2)45)34-21-38-24-39-34/h5-16,21,24-25,32,40,44H,17-20,22-23H2,1-4H3,(H,38,39)(H,41,46)/t25-,32-/m1/s1. The summed E-state index contributed by atoms with van der Waals surface area (Å²) in [4.78, 5) is 50.2. The lowest BCUT2D eigenvalue weighted by Crippen LogP contribution is -2.51. The van der Waals surface area contributed by atoms with Gasteiger partial charge in [-0.1, -0.05) is 66.7 Å². The number of nitrogens with one attached hydrogen (secondary N) is 3. The van der Waals surface area contributed by atoms with Gasteiger partial charge in [-0.15, -0.1) is 0 Å². The van der Waals surface area contributed by atoms with E-state index in [9.17, 15) is 19.5 Å². The summed E-state index contributed by atoms with van der Waals surface area (Å²) in [6.07, 6.45) is 4.07. The first-order chi connectivity index (χ1) is 22.5. The van der Waals surface area contributed by atoms with E-state index in [-0.39, 0.29) is 24.1 Å². The summed E-state index contributed by atoms with van der Waals surface area (Å²) >= 11 is 0. The Bertz CT molecular complexity index is 1680. The summed E-state index contributed by atoms with van der Waals surface area (Å²) in [6, 6.07) is 23.4. The van der Waals surface area contributed by atoms with E-state index in [1.165, 1.54) is 6.92 Å². The Morgan fingerprint density at radius 3 is 2.51 bits per heavy atom. The van der Waals surface area contributed by atoms with E-state index >= 15 is 0 Å². The maximum Gasteiger partial charge on any atom is 0.249 e. The van der Waals surface area contributed by atoms with Crippen LogP contribution in [0.15, 0.2) is 85.3 Å². The van der Waals surface area contributed by atoms with Crippen molar-refractivity contribution in [2.24, 2.45) is 0 Å². The smallest absolute Gasteiger partial charge is 0.249 e. The fraction of sp³-hybridized carbons (Fsp3) is 0.351. The van der Waals surface area contributed by atoms with Crippen LogP contribution in [-0.4, -0.2) is 57.0 Å². The molecule has 1 aliphatic rings. The molecule has 0 bridgehead atoms. The van der Waals surface area contributed by atoms with Crippen molar-refractivity contribution in [3.63, 3.8) is 0 Å². The molecule has 10 nitrogen and oxygen atoms in total. The van der Waals surface area contributed by atoms with Crippen LogP contribution in [0.25, 0.3) is 11.1 Å². The fourth-order valence-electron chi connectivity index (χ4n) is 5.98. The number of para-hydroxylation sites is 1. The molecule has 4 N–H and O–H groups in total. The van der Waals surface area contributed by atoms with E-state index in [0.29, 0.717) is 38.3 Å². The minimum absolute atomic E-state index is 0.101. The number of H-pyrrole nitrogens is 1. The van der Waals surface area contributed by atoms with E-state index < -0.39 is 17.7 Å². The highest BCUT2D eigenvalue weighted by molar-refractivity contribution is 6.00. The topological polar surface area (TPSA) is 131 Å². The average molecular weight is 637 g/mol. The third-order valence-corrected chi connectivity index (χ3v) is 8.45. The number of carbonyl (C=O) groups excluding carboxylic acids is 3. The van der Waals surface area contributed by atoms with Gasteiger partial charge in [0.05, 0.1) is 25.5 Å². The summed E-state index contributed by atoms with van der Waals surface area (Å²) in [7, 11) is 0. The van der Waals surface area contributed by atoms with Gasteiger partial charge in [0.2, 0.25) is 17.7 Å². The number of aryl methyl sites for hydroxylation is 1. The van der Waals surface area contributed by atoms with Crippen LogP contribution in [0, 0.1) is 0 Å². The molecular formula is C37H44N6O4. The number of hydrogen-bond acceptors (Lipinski definition) is 6. The molecular weight excluding hydrogens is 592 g/mol. The molecule has 246 valence electrons. The Morgan fingerprint density at radius 2 is 1.81 bits per heavy atom. The van der Waals surface area contributed by atoms with Gasteiger partial charge in [-0.25, -0.2) is 4.98 Å². The number of aromatic amines is 1. The number of aliphatic hydroxyl groups excluding tert-OH is 1. The number of fused-ring (bicyclic) bond motifs is 1. The molecule has 5 rings (SSSR count). The van der Waals surface area contributed by atoms with Gasteiger partial charge in [0.15, 0.2) is 5.82 Å². The quantitative estimate of drug-likeness (QED) is 0.178. The van der Waals surface area contributed by atoms with Crippen molar-refractivity contribution in [3.05, 3.63) is 102 Å². The summed E-state index contributed by atoms with van der Waals surface area (Å²) in [5.41, 5.74) is 5.31. The van der Waals surface area contributed by atoms with Crippen LogP contribution in [0.2, 0.25) is 0 Å². The predicted octanol–water partition coefficient (Wildman–Crippen LogP) is 4.73. The fourth-order valence-corrected chi connectivity index (χ4v) is 5.98. The molecule has 0 radical (unpaired) electrons. The number of β-amino-alcohol motifs (C(OH)–C–C–N with tert-alkyl or cyclic N) is 1. The molecule has 0 saturated heterocycles. The number of anilines is 2. The zero-order chi connectivity index (χ0) is 33.6. The van der Waals surface area contributed by atoms with Crippen molar-refractivity contribution < 1.29 is 19.5 Å². The van der Waals surface area contributed by atoms with Gasteiger partial charge >= 0.3 is 0 Å². The minimum Gasteiger partial charge on any atom is -0.392 e. The van der Waals surface area contributed by atoms with E-state index in [4.69, 9.17) is 0 Å². The number of aromatic nitrogens is 2. The second kappa shape index (κ2) is 14.7. The number of rotatable bonds is 12. The van der Waals surface area contributed by atoms with Crippen LogP contribution in [-0.2, 0) is 33.9 Å². The lowest BCUT2D eigenvalue weighted by atomic mass is 9.98. The number of benzene rings is 3. The first kappa shape index (κ1) is 33.6. The highest BCUT2D eigenvalue weighted by atomic mass is 16.3. The monoisotopic (exact) mass is 636 g/mol. The Balaban J connectivity index is 1.34. The maximum absolute atomic E-state index is 14.0. The van der Waals surface area contributed by atoms with Gasteiger partial charge < -0.3 is 25.6 Å². The molecule has 2 heterocycles. The van der Waals surface area contributed by atoms with Crippen molar-refractivity contribution in [3.8, 4) is 11.1 Å². The molecule has 0 fully saturated rings. The third-order valence-electron chi connectivity index (χ3n) is 8.45. The van der Waals surface area contributed by atoms with Crippen LogP contribution in [0.3, 0.4) is 0 Å². The molecule has 3 amide bonds. The molecule has 1 aliphatic heterocycles. The molecule has 0 aliphatic carbocycles. The molecule has 1 aromatic heterocycles. The van der Waals surface area contributed by atoms with Gasteiger partial charge in [0.25, 0.3) is 0 Å². The number of nitrogens with zero attached hydrogens (tertiary/aromatic N) is 3. The first-order valence-corrected chi connectivity index (χ1v) is 16.1. The van der Waals surface area contributed by atoms with Crippen molar-refractivity contribution in [2.45, 2.75) is 77.7 Å². The molecule has 0 saturated carbocycles. The highest BCUT2D eigenvalue weighted by Crippen LogP contribution is 2.31. The summed E-state index contributed by atoms with van der Waals surface area (Å²) < 4.78 is 0. The molecule has 0 unspecified atom stereocenters. The molecule has 2 atom stereocenters. The number of imidazole rings is 1. The van der Waals surface area contributed by atoms with Crippen LogP contribution in [0.5, 0.6) is 0 Å².